The first-order valence-electron chi connectivity index (χ1n) is 4.30. The SMILES string of the molecule is O=C1OC(P(=O)(O)O)OC(=O)C12NC2P(=O)(O)O. The fourth-order valence-electron chi connectivity index (χ4n) is 1.47. The monoisotopic (exact) mass is 303 g/mol. The van der Waals surface area contributed by atoms with Gasteiger partial charge in [0, 0.05) is 0 Å². The predicted molar refractivity (Wildman–Crippen MR) is 49.7 cm³/mol. The smallest absolute Gasteiger partial charge is 0.406 e. The van der Waals surface area contributed by atoms with Crippen LogP contribution in [-0.4, -0.2) is 48.9 Å². The van der Waals surface area contributed by atoms with E-state index in [2.05, 4.69) is 9.47 Å². The zero-order chi connectivity index (χ0) is 13.9. The highest BCUT2D eigenvalue weighted by Crippen LogP contribution is 2.57. The third-order valence-electron chi connectivity index (χ3n) is 2.36. The van der Waals surface area contributed by atoms with E-state index in [1.54, 1.807) is 0 Å². The molecule has 0 aromatic carbocycles. The zero-order valence-corrected chi connectivity index (χ0v) is 10.1. The van der Waals surface area contributed by atoms with Crippen LogP contribution in [0.3, 0.4) is 0 Å². The van der Waals surface area contributed by atoms with E-state index in [4.69, 9.17) is 19.6 Å². The number of cyclic esters (lactones) is 2. The molecule has 1 atom stereocenters. The molecule has 18 heavy (non-hydrogen) atoms. The van der Waals surface area contributed by atoms with E-state index < -0.39 is 44.5 Å². The molecule has 0 bridgehead atoms. The molecule has 0 aliphatic carbocycles. The maximum Gasteiger partial charge on any atom is 0.406 e. The van der Waals surface area contributed by atoms with Gasteiger partial charge in [-0.1, -0.05) is 0 Å². The highest BCUT2D eigenvalue weighted by molar-refractivity contribution is 7.53. The molecule has 0 radical (unpaired) electrons. The first-order chi connectivity index (χ1) is 7.99. The summed E-state index contributed by atoms with van der Waals surface area (Å²) in [6.45, 7) is 0. The molecular formula is C5H7NO10P2. The molecule has 11 nitrogen and oxygen atoms in total. The Morgan fingerprint density at radius 1 is 1.00 bits per heavy atom. The molecule has 2 heterocycles. The summed E-state index contributed by atoms with van der Waals surface area (Å²) in [6, 6.07) is -2.40. The lowest BCUT2D eigenvalue weighted by Gasteiger charge is -2.26. The number of ether oxygens (including phenoxy) is 2. The average molecular weight is 303 g/mol. The molecule has 2 saturated heterocycles. The van der Waals surface area contributed by atoms with Gasteiger partial charge in [0.25, 0.3) is 0 Å². The van der Waals surface area contributed by atoms with Crippen molar-refractivity contribution in [3.8, 4) is 0 Å². The van der Waals surface area contributed by atoms with Crippen molar-refractivity contribution in [3.63, 3.8) is 0 Å². The number of nitrogens with one attached hydrogen (secondary N) is 1. The Kier molecular flexibility index (Phi) is 2.73. The molecular weight excluding hydrogens is 296 g/mol. The lowest BCUT2D eigenvalue weighted by Crippen LogP contribution is -2.50. The summed E-state index contributed by atoms with van der Waals surface area (Å²) in [6.07, 6.45) is 0. The van der Waals surface area contributed by atoms with Crippen LogP contribution in [0.1, 0.15) is 0 Å². The first kappa shape index (κ1) is 13.6. The molecule has 13 heteroatoms. The molecule has 0 aromatic rings. The highest BCUT2D eigenvalue weighted by atomic mass is 31.2. The van der Waals surface area contributed by atoms with E-state index in [0.29, 0.717) is 0 Å². The minimum absolute atomic E-state index is 1.50. The van der Waals surface area contributed by atoms with Crippen LogP contribution in [0.25, 0.3) is 0 Å². The van der Waals surface area contributed by atoms with Gasteiger partial charge in [-0.05, 0) is 0 Å². The Morgan fingerprint density at radius 3 is 1.72 bits per heavy atom. The molecule has 0 aromatic heterocycles. The van der Waals surface area contributed by atoms with Gasteiger partial charge in [-0.15, -0.1) is 0 Å². The van der Waals surface area contributed by atoms with Crippen molar-refractivity contribution in [1.82, 2.24) is 5.32 Å². The zero-order valence-electron chi connectivity index (χ0n) is 8.29. The Morgan fingerprint density at radius 2 is 1.44 bits per heavy atom. The summed E-state index contributed by atoms with van der Waals surface area (Å²) in [5, 5.41) is 1.93. The van der Waals surface area contributed by atoms with Crippen LogP contribution in [0, 0.1) is 0 Å². The van der Waals surface area contributed by atoms with Crippen LogP contribution in [0.15, 0.2) is 0 Å². The van der Waals surface area contributed by atoms with Crippen molar-refractivity contribution in [1.29, 1.82) is 0 Å². The van der Waals surface area contributed by atoms with Gasteiger partial charge in [-0.3, -0.25) is 14.4 Å². The molecule has 2 aliphatic rings. The lowest BCUT2D eigenvalue weighted by atomic mass is 10.1. The number of rotatable bonds is 2. The lowest BCUT2D eigenvalue weighted by molar-refractivity contribution is -0.197. The third-order valence-corrected chi connectivity index (χ3v) is 4.31. The Bertz CT molecular complexity index is 498. The quantitative estimate of drug-likeness (QED) is 0.155. The van der Waals surface area contributed by atoms with Crippen molar-refractivity contribution in [3.05, 3.63) is 0 Å². The van der Waals surface area contributed by atoms with E-state index in [1.807, 2.05) is 5.32 Å². The molecule has 0 amide bonds. The molecule has 1 unspecified atom stereocenters. The summed E-state index contributed by atoms with van der Waals surface area (Å²) in [5.41, 5.74) is -2.38. The standard InChI is InChI=1S/C5H7NO10P2/c7-2-5(1(6-5)17(9,10)11)3(8)16-4(15-2)18(12,13)14/h1,4,6H,(H2,9,10,11)(H2,12,13,14). The van der Waals surface area contributed by atoms with E-state index >= 15 is 0 Å². The number of carbonyl (C=O) groups excluding carboxylic acids is 2. The van der Waals surface area contributed by atoms with Gasteiger partial charge in [-0.25, -0.2) is 9.59 Å². The maximum absolute atomic E-state index is 11.4. The van der Waals surface area contributed by atoms with Crippen LogP contribution in [0.5, 0.6) is 0 Å². The summed E-state index contributed by atoms with van der Waals surface area (Å²) in [4.78, 5) is 57.8. The van der Waals surface area contributed by atoms with Gasteiger partial charge in [0.1, 0.15) is 0 Å². The third kappa shape index (κ3) is 1.90. The number of esters is 2. The predicted octanol–water partition coefficient (Wildman–Crippen LogP) is -2.61. The Hall–Kier alpha value is -0.800. The molecule has 2 fully saturated rings. The molecule has 5 N–H and O–H groups in total. The van der Waals surface area contributed by atoms with Crippen molar-refractivity contribution < 1.29 is 47.8 Å². The van der Waals surface area contributed by atoms with E-state index in [9.17, 15) is 18.7 Å². The molecule has 1 spiro atoms. The number of hydrogen-bond acceptors (Lipinski definition) is 7. The van der Waals surface area contributed by atoms with Crippen molar-refractivity contribution >= 4 is 27.1 Å². The van der Waals surface area contributed by atoms with Gasteiger partial charge in [-0.2, -0.15) is 0 Å². The number of carbonyl (C=O) groups is 2. The van der Waals surface area contributed by atoms with Gasteiger partial charge < -0.3 is 29.0 Å². The van der Waals surface area contributed by atoms with Crippen LogP contribution in [0.4, 0.5) is 0 Å². The van der Waals surface area contributed by atoms with Crippen LogP contribution < -0.4 is 5.32 Å². The van der Waals surface area contributed by atoms with Crippen molar-refractivity contribution in [2.24, 2.45) is 0 Å². The van der Waals surface area contributed by atoms with Crippen molar-refractivity contribution in [2.45, 2.75) is 17.4 Å². The molecule has 2 rings (SSSR count). The van der Waals surface area contributed by atoms with Crippen LogP contribution >= 0.6 is 15.2 Å². The van der Waals surface area contributed by atoms with E-state index in [1.165, 1.54) is 0 Å². The normalized spacial score (nSPS) is 36.2. The van der Waals surface area contributed by atoms with Crippen molar-refractivity contribution in [2.75, 3.05) is 0 Å². The summed E-state index contributed by atoms with van der Waals surface area (Å²) in [5.74, 6) is -4.82. The average Bonchev–Trinajstić information content (AvgIpc) is 2.88. The minimum atomic E-state index is -5.01. The Labute approximate surface area is 98.4 Å². The topological polar surface area (TPSA) is 190 Å². The molecule has 2 aliphatic heterocycles. The van der Waals surface area contributed by atoms with Gasteiger partial charge >= 0.3 is 33.2 Å². The van der Waals surface area contributed by atoms with Crippen LogP contribution in [0.2, 0.25) is 0 Å². The van der Waals surface area contributed by atoms with Gasteiger partial charge in [0.2, 0.25) is 5.54 Å². The summed E-state index contributed by atoms with van der Waals surface area (Å²) < 4.78 is 30.0. The molecule has 0 saturated carbocycles. The second kappa shape index (κ2) is 3.61. The number of hydrogen-bond donors (Lipinski definition) is 5. The fraction of sp³-hybridized carbons (Fsp3) is 0.600. The summed E-state index contributed by atoms with van der Waals surface area (Å²) >= 11 is 0. The highest BCUT2D eigenvalue weighted by Gasteiger charge is 2.77. The first-order valence-corrected chi connectivity index (χ1v) is 7.66. The van der Waals surface area contributed by atoms with Gasteiger partial charge in [0.15, 0.2) is 5.78 Å². The maximum atomic E-state index is 11.4. The van der Waals surface area contributed by atoms with Crippen LogP contribution in [-0.2, 0) is 28.2 Å². The van der Waals surface area contributed by atoms with E-state index in [-0.39, 0.29) is 0 Å². The second-order valence-corrected chi connectivity index (χ2v) is 6.95. The summed E-state index contributed by atoms with van der Waals surface area (Å²) in [7, 11) is -9.82. The Balaban J connectivity index is 2.26. The second-order valence-electron chi connectivity index (χ2n) is 3.65. The fourth-order valence-corrected chi connectivity index (χ4v) is 3.02. The van der Waals surface area contributed by atoms with E-state index in [0.717, 1.165) is 0 Å². The molecule has 102 valence electrons. The van der Waals surface area contributed by atoms with Gasteiger partial charge in [0.05, 0.1) is 0 Å². The largest absolute Gasteiger partial charge is 0.411 e. The minimum Gasteiger partial charge on any atom is -0.411 e.